The van der Waals surface area contributed by atoms with E-state index in [9.17, 15) is 0 Å². The fraction of sp³-hybridized carbons (Fsp3) is 1.00. The van der Waals surface area contributed by atoms with Crippen LogP contribution in [-0.2, 0) is 9.47 Å². The van der Waals surface area contributed by atoms with Gasteiger partial charge in [0, 0.05) is 43.6 Å². The Kier molecular flexibility index (Phi) is 9.06. The summed E-state index contributed by atoms with van der Waals surface area (Å²) in [6, 6.07) is 0. The summed E-state index contributed by atoms with van der Waals surface area (Å²) >= 11 is 0. The Labute approximate surface area is 193 Å². The van der Waals surface area contributed by atoms with E-state index in [1.54, 1.807) is 0 Å². The van der Waals surface area contributed by atoms with Crippen LogP contribution in [0, 0.1) is 34.0 Å². The molecule has 5 nitrogen and oxygen atoms in total. The third kappa shape index (κ3) is 5.84. The average molecular weight is 440 g/mol. The Balaban J connectivity index is 2.08. The second-order valence-corrected chi connectivity index (χ2v) is 12.5. The summed E-state index contributed by atoms with van der Waals surface area (Å²) in [6.45, 7) is 27.2. The van der Waals surface area contributed by atoms with Gasteiger partial charge in [-0.25, -0.2) is 0 Å². The molecule has 0 aromatic carbocycles. The van der Waals surface area contributed by atoms with Crippen LogP contribution in [0.5, 0.6) is 0 Å². The third-order valence-electron chi connectivity index (χ3n) is 9.13. The Bertz CT molecular complexity index is 561. The van der Waals surface area contributed by atoms with E-state index in [1.807, 2.05) is 0 Å². The van der Waals surface area contributed by atoms with E-state index in [4.69, 9.17) is 15.2 Å². The molecule has 5 heteroatoms. The maximum absolute atomic E-state index is 6.76. The minimum absolute atomic E-state index is 0.126. The van der Waals surface area contributed by atoms with E-state index < -0.39 is 0 Å². The van der Waals surface area contributed by atoms with Crippen LogP contribution in [0.2, 0.25) is 0 Å². The molecule has 0 saturated carbocycles. The van der Waals surface area contributed by atoms with Crippen molar-refractivity contribution in [1.29, 1.82) is 0 Å². The molecule has 0 aromatic heterocycles. The van der Waals surface area contributed by atoms with Crippen molar-refractivity contribution in [3.05, 3.63) is 0 Å². The monoisotopic (exact) mass is 439 g/mol. The Morgan fingerprint density at radius 3 is 2.19 bits per heavy atom. The van der Waals surface area contributed by atoms with Crippen LogP contribution in [0.25, 0.3) is 0 Å². The van der Waals surface area contributed by atoms with Gasteiger partial charge in [-0.05, 0) is 42.9 Å². The number of rotatable bonds is 7. The fourth-order valence-corrected chi connectivity index (χ4v) is 5.90. The number of ether oxygens (including phenoxy) is 2. The zero-order valence-electron chi connectivity index (χ0n) is 22.1. The second-order valence-electron chi connectivity index (χ2n) is 12.5. The summed E-state index contributed by atoms with van der Waals surface area (Å²) < 4.78 is 13.0. The number of hydrogen-bond acceptors (Lipinski definition) is 5. The normalized spacial score (nSPS) is 37.0. The summed E-state index contributed by atoms with van der Waals surface area (Å²) in [7, 11) is 0. The van der Waals surface area contributed by atoms with Crippen LogP contribution in [0.15, 0.2) is 0 Å². The first kappa shape index (κ1) is 27.0. The molecule has 2 rings (SSSR count). The molecule has 2 fully saturated rings. The van der Waals surface area contributed by atoms with E-state index in [1.165, 1.54) is 0 Å². The van der Waals surface area contributed by atoms with Gasteiger partial charge < -0.3 is 25.8 Å². The lowest BCUT2D eigenvalue weighted by Crippen LogP contribution is -2.49. The van der Waals surface area contributed by atoms with E-state index in [0.29, 0.717) is 24.3 Å². The SMILES string of the molecule is CC(C)C1(C(C)(C)C)CNCC(C)(CCC(C)[C@@]2(C(C)C)CNCC(CN)OC2)OC1. The van der Waals surface area contributed by atoms with Gasteiger partial charge in [0.1, 0.15) is 0 Å². The van der Waals surface area contributed by atoms with Crippen molar-refractivity contribution in [3.8, 4) is 0 Å². The number of nitrogens with two attached hydrogens (primary N) is 1. The lowest BCUT2D eigenvalue weighted by Gasteiger charge is -2.47. The van der Waals surface area contributed by atoms with Crippen LogP contribution >= 0.6 is 0 Å². The first-order valence-corrected chi connectivity index (χ1v) is 12.7. The lowest BCUT2D eigenvalue weighted by molar-refractivity contribution is -0.105. The average Bonchev–Trinajstić information content (AvgIpc) is 3.01. The zero-order valence-corrected chi connectivity index (χ0v) is 22.1. The predicted molar refractivity (Wildman–Crippen MR) is 131 cm³/mol. The Morgan fingerprint density at radius 1 is 0.968 bits per heavy atom. The van der Waals surface area contributed by atoms with Gasteiger partial charge in [0.15, 0.2) is 0 Å². The van der Waals surface area contributed by atoms with Crippen molar-refractivity contribution in [2.45, 2.75) is 86.9 Å². The smallest absolute Gasteiger partial charge is 0.0821 e. The summed E-state index contributed by atoms with van der Waals surface area (Å²) in [4.78, 5) is 0. The van der Waals surface area contributed by atoms with Gasteiger partial charge in [-0.1, -0.05) is 55.4 Å². The van der Waals surface area contributed by atoms with Gasteiger partial charge in [-0.15, -0.1) is 0 Å². The first-order chi connectivity index (χ1) is 14.3. The maximum atomic E-state index is 6.76. The first-order valence-electron chi connectivity index (χ1n) is 12.7. The van der Waals surface area contributed by atoms with Crippen molar-refractivity contribution in [2.24, 2.45) is 39.7 Å². The van der Waals surface area contributed by atoms with Gasteiger partial charge in [0.2, 0.25) is 0 Å². The highest BCUT2D eigenvalue weighted by molar-refractivity contribution is 4.99. The molecule has 0 aliphatic carbocycles. The largest absolute Gasteiger partial charge is 0.375 e. The van der Waals surface area contributed by atoms with E-state index in [0.717, 1.165) is 52.2 Å². The summed E-state index contributed by atoms with van der Waals surface area (Å²) in [5.74, 6) is 1.65. The van der Waals surface area contributed by atoms with Crippen molar-refractivity contribution >= 4 is 0 Å². The highest BCUT2D eigenvalue weighted by Crippen LogP contribution is 2.47. The molecular formula is C26H53N3O2. The molecule has 2 aliphatic heterocycles. The highest BCUT2D eigenvalue weighted by atomic mass is 16.5. The van der Waals surface area contributed by atoms with Crippen LogP contribution in [0.1, 0.15) is 75.2 Å². The van der Waals surface area contributed by atoms with Crippen molar-refractivity contribution < 1.29 is 9.47 Å². The second kappa shape index (κ2) is 10.4. The molecule has 4 unspecified atom stereocenters. The molecule has 31 heavy (non-hydrogen) atoms. The molecule has 0 amide bonds. The summed E-state index contributed by atoms with van der Waals surface area (Å²) in [6.07, 6.45) is 2.33. The predicted octanol–water partition coefficient (Wildman–Crippen LogP) is 4.06. The fourth-order valence-electron chi connectivity index (χ4n) is 5.90. The van der Waals surface area contributed by atoms with Crippen molar-refractivity contribution in [2.75, 3.05) is 45.9 Å². The molecule has 2 saturated heterocycles. The van der Waals surface area contributed by atoms with Gasteiger partial charge in [-0.3, -0.25) is 0 Å². The minimum atomic E-state index is -0.132. The van der Waals surface area contributed by atoms with Crippen molar-refractivity contribution in [3.63, 3.8) is 0 Å². The quantitative estimate of drug-likeness (QED) is 0.558. The minimum Gasteiger partial charge on any atom is -0.375 e. The lowest BCUT2D eigenvalue weighted by atomic mass is 9.61. The molecule has 0 aromatic rings. The Hall–Kier alpha value is -0.200. The van der Waals surface area contributed by atoms with E-state index in [-0.39, 0.29) is 27.9 Å². The van der Waals surface area contributed by atoms with Crippen LogP contribution in [-0.4, -0.2) is 57.6 Å². The van der Waals surface area contributed by atoms with Gasteiger partial charge in [0.25, 0.3) is 0 Å². The molecule has 2 aliphatic rings. The molecule has 5 atom stereocenters. The Morgan fingerprint density at radius 2 is 1.65 bits per heavy atom. The number of nitrogens with one attached hydrogen (secondary N) is 2. The highest BCUT2D eigenvalue weighted by Gasteiger charge is 2.48. The molecule has 0 spiro atoms. The van der Waals surface area contributed by atoms with E-state index in [2.05, 4.69) is 72.9 Å². The van der Waals surface area contributed by atoms with Gasteiger partial charge >= 0.3 is 0 Å². The van der Waals surface area contributed by atoms with Crippen molar-refractivity contribution in [1.82, 2.24) is 10.6 Å². The molecule has 0 bridgehead atoms. The molecule has 184 valence electrons. The topological polar surface area (TPSA) is 68.5 Å². The summed E-state index contributed by atoms with van der Waals surface area (Å²) in [5, 5.41) is 7.45. The van der Waals surface area contributed by atoms with Crippen LogP contribution in [0.4, 0.5) is 0 Å². The third-order valence-corrected chi connectivity index (χ3v) is 9.13. The van der Waals surface area contributed by atoms with Gasteiger partial charge in [0.05, 0.1) is 24.9 Å². The van der Waals surface area contributed by atoms with E-state index >= 15 is 0 Å². The zero-order chi connectivity index (χ0) is 23.5. The molecule has 0 radical (unpaired) electrons. The summed E-state index contributed by atoms with van der Waals surface area (Å²) in [5.41, 5.74) is 6.22. The van der Waals surface area contributed by atoms with Crippen LogP contribution in [0.3, 0.4) is 0 Å². The van der Waals surface area contributed by atoms with Gasteiger partial charge in [-0.2, -0.15) is 0 Å². The van der Waals surface area contributed by atoms with Crippen LogP contribution < -0.4 is 16.4 Å². The molecule has 2 heterocycles. The standard InChI is InChI=1S/C26H53N3O2/c1-19(2)25(15-28-13-22(12-27)30-17-25)21(5)10-11-24(9)14-29-16-26(18-31-24,20(3)4)23(6,7)8/h19-22,28-29H,10-18,27H2,1-9H3/t21?,22?,24?,25-,26?/m0/s1. The molecular weight excluding hydrogens is 386 g/mol. The molecule has 4 N–H and O–H groups in total. The number of hydrogen-bond donors (Lipinski definition) is 3. The maximum Gasteiger partial charge on any atom is 0.0821 e.